The van der Waals surface area contributed by atoms with Gasteiger partial charge in [-0.25, -0.2) is 0 Å². The average Bonchev–Trinajstić information content (AvgIpc) is 2.51. The molecule has 2 rings (SSSR count). The second-order valence-electron chi connectivity index (χ2n) is 5.63. The van der Waals surface area contributed by atoms with Crippen LogP contribution in [-0.4, -0.2) is 17.4 Å². The zero-order valence-electron chi connectivity index (χ0n) is 13.2. The molecule has 0 unspecified atom stereocenters. The monoisotopic (exact) mass is 338 g/mol. The SMILES string of the molecule is Cc1cc(=O)c(C(=O)NC[C@@H](C)c2cccc(C(F)(F)F)c2)c[nH]1. The van der Waals surface area contributed by atoms with Crippen LogP contribution in [0.25, 0.3) is 0 Å². The highest BCUT2D eigenvalue weighted by atomic mass is 19.4. The fourth-order valence-corrected chi connectivity index (χ4v) is 2.23. The summed E-state index contributed by atoms with van der Waals surface area (Å²) in [5, 5.41) is 2.58. The first-order valence-corrected chi connectivity index (χ1v) is 7.33. The van der Waals surface area contributed by atoms with Crippen LogP contribution in [0.3, 0.4) is 0 Å². The molecule has 0 saturated heterocycles. The van der Waals surface area contributed by atoms with Gasteiger partial charge in [-0.1, -0.05) is 25.1 Å². The lowest BCUT2D eigenvalue weighted by molar-refractivity contribution is -0.137. The van der Waals surface area contributed by atoms with Gasteiger partial charge in [-0.2, -0.15) is 13.2 Å². The van der Waals surface area contributed by atoms with Gasteiger partial charge in [0.2, 0.25) is 0 Å². The van der Waals surface area contributed by atoms with E-state index in [1.165, 1.54) is 18.3 Å². The predicted molar refractivity (Wildman–Crippen MR) is 84.0 cm³/mol. The molecule has 2 aromatic rings. The molecular formula is C17H17F3N2O2. The molecule has 0 fully saturated rings. The summed E-state index contributed by atoms with van der Waals surface area (Å²) in [6, 6.07) is 6.28. The summed E-state index contributed by atoms with van der Waals surface area (Å²) >= 11 is 0. The highest BCUT2D eigenvalue weighted by molar-refractivity contribution is 5.93. The molecule has 24 heavy (non-hydrogen) atoms. The maximum Gasteiger partial charge on any atom is 0.416 e. The first-order chi connectivity index (χ1) is 11.2. The molecule has 1 aromatic carbocycles. The largest absolute Gasteiger partial charge is 0.416 e. The summed E-state index contributed by atoms with van der Waals surface area (Å²) in [7, 11) is 0. The summed E-state index contributed by atoms with van der Waals surface area (Å²) < 4.78 is 38.2. The van der Waals surface area contributed by atoms with Crippen LogP contribution in [0.4, 0.5) is 13.2 Å². The number of carbonyl (C=O) groups excluding carboxylic acids is 1. The molecular weight excluding hydrogens is 321 g/mol. The van der Waals surface area contributed by atoms with E-state index in [4.69, 9.17) is 0 Å². The number of aromatic nitrogens is 1. The third-order valence-corrected chi connectivity index (χ3v) is 3.65. The molecule has 7 heteroatoms. The van der Waals surface area contributed by atoms with E-state index in [-0.39, 0.29) is 18.0 Å². The molecule has 128 valence electrons. The minimum Gasteiger partial charge on any atom is -0.364 e. The molecule has 4 nitrogen and oxygen atoms in total. The highest BCUT2D eigenvalue weighted by Crippen LogP contribution is 2.30. The number of carbonyl (C=O) groups is 1. The molecule has 0 spiro atoms. The van der Waals surface area contributed by atoms with E-state index in [0.29, 0.717) is 11.3 Å². The van der Waals surface area contributed by atoms with Crippen LogP contribution in [0.5, 0.6) is 0 Å². The van der Waals surface area contributed by atoms with Crippen LogP contribution < -0.4 is 10.7 Å². The van der Waals surface area contributed by atoms with Gasteiger partial charge in [-0.3, -0.25) is 9.59 Å². The Kier molecular flexibility index (Phi) is 5.11. The smallest absolute Gasteiger partial charge is 0.364 e. The number of H-pyrrole nitrogens is 1. The summed E-state index contributed by atoms with van der Waals surface area (Å²) in [6.45, 7) is 3.52. The molecule has 1 atom stereocenters. The van der Waals surface area contributed by atoms with Gasteiger partial charge in [0, 0.05) is 24.5 Å². The summed E-state index contributed by atoms with van der Waals surface area (Å²) in [6.07, 6.45) is -3.09. The number of hydrogen-bond donors (Lipinski definition) is 2. The van der Waals surface area contributed by atoms with E-state index in [2.05, 4.69) is 10.3 Å². The Hall–Kier alpha value is -2.57. The Morgan fingerprint density at radius 1 is 1.29 bits per heavy atom. The number of alkyl halides is 3. The number of halogens is 3. The van der Waals surface area contributed by atoms with Crippen LogP contribution >= 0.6 is 0 Å². The van der Waals surface area contributed by atoms with Gasteiger partial charge in [-0.05, 0) is 24.5 Å². The minimum absolute atomic E-state index is 0.0307. The zero-order chi connectivity index (χ0) is 17.9. The Bertz CT molecular complexity index is 797. The number of nitrogens with one attached hydrogen (secondary N) is 2. The lowest BCUT2D eigenvalue weighted by atomic mass is 9.98. The summed E-state index contributed by atoms with van der Waals surface area (Å²) in [5.74, 6) is -0.893. The maximum atomic E-state index is 12.7. The number of aromatic amines is 1. The topological polar surface area (TPSA) is 62.0 Å². The molecule has 0 saturated carbocycles. The minimum atomic E-state index is -4.41. The normalized spacial score (nSPS) is 12.7. The van der Waals surface area contributed by atoms with E-state index >= 15 is 0 Å². The van der Waals surface area contributed by atoms with Crippen molar-refractivity contribution in [3.8, 4) is 0 Å². The van der Waals surface area contributed by atoms with E-state index in [0.717, 1.165) is 12.1 Å². The van der Waals surface area contributed by atoms with Crippen molar-refractivity contribution in [3.05, 3.63) is 69.1 Å². The number of hydrogen-bond acceptors (Lipinski definition) is 2. The van der Waals surface area contributed by atoms with Gasteiger partial charge in [0.15, 0.2) is 5.43 Å². The van der Waals surface area contributed by atoms with Gasteiger partial charge < -0.3 is 10.3 Å². The molecule has 1 aromatic heterocycles. The number of rotatable bonds is 4. The third kappa shape index (κ3) is 4.24. The fourth-order valence-electron chi connectivity index (χ4n) is 2.23. The van der Waals surface area contributed by atoms with Crippen LogP contribution in [0.1, 0.15) is 40.0 Å². The molecule has 0 aliphatic heterocycles. The zero-order valence-corrected chi connectivity index (χ0v) is 13.2. The van der Waals surface area contributed by atoms with Crippen molar-refractivity contribution in [2.24, 2.45) is 0 Å². The van der Waals surface area contributed by atoms with E-state index in [1.54, 1.807) is 19.9 Å². The highest BCUT2D eigenvalue weighted by Gasteiger charge is 2.30. The van der Waals surface area contributed by atoms with Crippen molar-refractivity contribution < 1.29 is 18.0 Å². The Labute approximate surface area is 136 Å². The molecule has 2 N–H and O–H groups in total. The molecule has 1 heterocycles. The van der Waals surface area contributed by atoms with Crippen LogP contribution in [-0.2, 0) is 6.18 Å². The van der Waals surface area contributed by atoms with Gasteiger partial charge in [0.1, 0.15) is 5.56 Å². The lowest BCUT2D eigenvalue weighted by Gasteiger charge is -2.15. The van der Waals surface area contributed by atoms with Crippen LogP contribution in [0.2, 0.25) is 0 Å². The molecule has 0 aliphatic carbocycles. The Balaban J connectivity index is 2.06. The van der Waals surface area contributed by atoms with Crippen LogP contribution in [0.15, 0.2) is 41.3 Å². The number of benzene rings is 1. The standard InChI is InChI=1S/C17H17F3N2O2/c1-10(12-4-3-5-13(7-12)17(18,19)20)8-22-16(24)14-9-21-11(2)6-15(14)23/h3-7,9-10H,8H2,1-2H3,(H,21,23)(H,22,24)/t10-/m1/s1. The van der Waals surface area contributed by atoms with E-state index in [9.17, 15) is 22.8 Å². The van der Waals surface area contributed by atoms with Crippen molar-refractivity contribution in [1.82, 2.24) is 10.3 Å². The molecule has 0 aliphatic rings. The predicted octanol–water partition coefficient (Wildman–Crippen LogP) is 3.24. The average molecular weight is 338 g/mol. The second kappa shape index (κ2) is 6.90. The van der Waals surface area contributed by atoms with Gasteiger partial charge >= 0.3 is 6.18 Å². The molecule has 1 amide bonds. The number of amides is 1. The van der Waals surface area contributed by atoms with Crippen molar-refractivity contribution in [2.75, 3.05) is 6.54 Å². The first kappa shape index (κ1) is 17.8. The number of aryl methyl sites for hydroxylation is 1. The fraction of sp³-hybridized carbons (Fsp3) is 0.294. The summed E-state index contributed by atoms with van der Waals surface area (Å²) in [5.41, 5.74) is -0.0720. The molecule has 0 bridgehead atoms. The quantitative estimate of drug-likeness (QED) is 0.899. The second-order valence-corrected chi connectivity index (χ2v) is 5.63. The lowest BCUT2D eigenvalue weighted by Crippen LogP contribution is -2.31. The van der Waals surface area contributed by atoms with Crippen molar-refractivity contribution in [3.63, 3.8) is 0 Å². The van der Waals surface area contributed by atoms with Crippen molar-refractivity contribution in [1.29, 1.82) is 0 Å². The van der Waals surface area contributed by atoms with E-state index < -0.39 is 23.1 Å². The van der Waals surface area contributed by atoms with Crippen molar-refractivity contribution >= 4 is 5.91 Å². The first-order valence-electron chi connectivity index (χ1n) is 7.33. The van der Waals surface area contributed by atoms with E-state index in [1.807, 2.05) is 0 Å². The third-order valence-electron chi connectivity index (χ3n) is 3.65. The Morgan fingerprint density at radius 2 is 2.00 bits per heavy atom. The summed E-state index contributed by atoms with van der Waals surface area (Å²) in [4.78, 5) is 26.6. The number of pyridine rings is 1. The molecule has 0 radical (unpaired) electrons. The van der Waals surface area contributed by atoms with Crippen molar-refractivity contribution in [2.45, 2.75) is 25.9 Å². The van der Waals surface area contributed by atoms with Gasteiger partial charge in [-0.15, -0.1) is 0 Å². The maximum absolute atomic E-state index is 12.7. The van der Waals surface area contributed by atoms with Gasteiger partial charge in [0.05, 0.1) is 5.56 Å². The van der Waals surface area contributed by atoms with Gasteiger partial charge in [0.25, 0.3) is 5.91 Å². The Morgan fingerprint density at radius 3 is 2.62 bits per heavy atom. The van der Waals surface area contributed by atoms with Crippen LogP contribution in [0, 0.1) is 6.92 Å².